The van der Waals surface area contributed by atoms with Gasteiger partial charge < -0.3 is 9.84 Å². The van der Waals surface area contributed by atoms with Gasteiger partial charge in [0.05, 0.1) is 19.7 Å². The lowest BCUT2D eigenvalue weighted by Crippen LogP contribution is -2.05. The maximum Gasteiger partial charge on any atom is 0.307 e. The zero-order valence-corrected chi connectivity index (χ0v) is 9.83. The summed E-state index contributed by atoms with van der Waals surface area (Å²) in [5.74, 6) is -0.441. The molecular weight excluding hydrogens is 232 g/mol. The monoisotopic (exact) mass is 244 g/mol. The van der Waals surface area contributed by atoms with E-state index in [0.29, 0.717) is 11.3 Å². The van der Waals surface area contributed by atoms with E-state index in [1.54, 1.807) is 24.7 Å². The van der Waals surface area contributed by atoms with Gasteiger partial charge in [0.25, 0.3) is 0 Å². The normalized spacial score (nSPS) is 10.1. The van der Waals surface area contributed by atoms with Gasteiger partial charge in [0.1, 0.15) is 5.75 Å². The number of aliphatic carboxylic acids is 1. The molecule has 5 heteroatoms. The Bertz CT molecular complexity index is 555. The summed E-state index contributed by atoms with van der Waals surface area (Å²) in [5.41, 5.74) is 2.15. The van der Waals surface area contributed by atoms with Gasteiger partial charge >= 0.3 is 5.97 Å². The zero-order valence-electron chi connectivity index (χ0n) is 9.83. The van der Waals surface area contributed by atoms with Gasteiger partial charge in [0.15, 0.2) is 0 Å². The molecule has 0 spiro atoms. The van der Waals surface area contributed by atoms with Crippen molar-refractivity contribution >= 4 is 5.97 Å². The topological polar surface area (TPSA) is 72.3 Å². The van der Waals surface area contributed by atoms with Crippen LogP contribution in [0.2, 0.25) is 0 Å². The first kappa shape index (κ1) is 12.0. The number of pyridine rings is 2. The van der Waals surface area contributed by atoms with Crippen LogP contribution in [0.15, 0.2) is 36.9 Å². The molecule has 2 aromatic rings. The highest BCUT2D eigenvalue weighted by molar-refractivity contribution is 5.77. The van der Waals surface area contributed by atoms with Gasteiger partial charge in [0, 0.05) is 35.3 Å². The third kappa shape index (κ3) is 2.45. The highest BCUT2D eigenvalue weighted by Gasteiger charge is 2.14. The van der Waals surface area contributed by atoms with Gasteiger partial charge in [0.2, 0.25) is 0 Å². The first-order valence-corrected chi connectivity index (χ1v) is 5.35. The number of aromatic nitrogens is 2. The molecule has 1 N–H and O–H groups in total. The van der Waals surface area contributed by atoms with E-state index in [1.165, 1.54) is 13.3 Å². The molecular formula is C13H12N2O3. The van der Waals surface area contributed by atoms with Gasteiger partial charge in [-0.3, -0.25) is 14.8 Å². The first-order valence-electron chi connectivity index (χ1n) is 5.35. The number of carboxylic acids is 1. The summed E-state index contributed by atoms with van der Waals surface area (Å²) in [4.78, 5) is 19.0. The van der Waals surface area contributed by atoms with E-state index >= 15 is 0 Å². The number of carbonyl (C=O) groups is 1. The second-order valence-corrected chi connectivity index (χ2v) is 3.68. The molecule has 0 saturated carbocycles. The van der Waals surface area contributed by atoms with Crippen LogP contribution in [0.25, 0.3) is 11.1 Å². The van der Waals surface area contributed by atoms with Gasteiger partial charge in [-0.25, -0.2) is 0 Å². The number of hydrogen-bond acceptors (Lipinski definition) is 4. The minimum Gasteiger partial charge on any atom is -0.495 e. The summed E-state index contributed by atoms with van der Waals surface area (Å²) in [6, 6.07) is 3.65. The third-order valence-corrected chi connectivity index (χ3v) is 2.54. The molecule has 0 aromatic carbocycles. The quantitative estimate of drug-likeness (QED) is 0.887. The summed E-state index contributed by atoms with van der Waals surface area (Å²) in [6.45, 7) is 0. The Morgan fingerprint density at radius 2 is 2.17 bits per heavy atom. The minimum absolute atomic E-state index is 0.115. The first-order chi connectivity index (χ1) is 8.72. The van der Waals surface area contributed by atoms with E-state index in [-0.39, 0.29) is 6.42 Å². The maximum atomic E-state index is 10.9. The van der Waals surface area contributed by atoms with Crippen LogP contribution in [0.4, 0.5) is 0 Å². The molecule has 2 rings (SSSR count). The zero-order chi connectivity index (χ0) is 13.0. The Kier molecular flexibility index (Phi) is 3.52. The number of rotatable bonds is 4. The van der Waals surface area contributed by atoms with Crippen molar-refractivity contribution in [3.8, 4) is 16.9 Å². The second-order valence-electron chi connectivity index (χ2n) is 3.68. The largest absolute Gasteiger partial charge is 0.495 e. The molecule has 2 aromatic heterocycles. The lowest BCUT2D eigenvalue weighted by molar-refractivity contribution is -0.136. The SMILES string of the molecule is COc1cncc(-c2cccnc2)c1CC(=O)O. The molecule has 0 amide bonds. The van der Waals surface area contributed by atoms with Gasteiger partial charge in [-0.2, -0.15) is 0 Å². The molecule has 0 saturated heterocycles. The van der Waals surface area contributed by atoms with Crippen LogP contribution >= 0.6 is 0 Å². The second kappa shape index (κ2) is 5.27. The molecule has 0 atom stereocenters. The van der Waals surface area contributed by atoms with E-state index in [1.807, 2.05) is 6.07 Å². The highest BCUT2D eigenvalue weighted by Crippen LogP contribution is 2.29. The summed E-state index contributed by atoms with van der Waals surface area (Å²) < 4.78 is 5.16. The molecule has 0 aliphatic rings. The molecule has 5 nitrogen and oxygen atoms in total. The smallest absolute Gasteiger partial charge is 0.307 e. The standard InChI is InChI=1S/C13H12N2O3/c1-18-12-8-15-7-11(10(12)5-13(16)17)9-3-2-4-14-6-9/h2-4,6-8H,5H2,1H3,(H,16,17). The van der Waals surface area contributed by atoms with Crippen molar-refractivity contribution in [2.45, 2.75) is 6.42 Å². The van der Waals surface area contributed by atoms with E-state index in [4.69, 9.17) is 9.84 Å². The van der Waals surface area contributed by atoms with Crippen molar-refractivity contribution < 1.29 is 14.6 Å². The summed E-state index contributed by atoms with van der Waals surface area (Å²) in [5, 5.41) is 8.97. The van der Waals surface area contributed by atoms with Crippen LogP contribution < -0.4 is 4.74 Å². The Morgan fingerprint density at radius 1 is 1.33 bits per heavy atom. The van der Waals surface area contributed by atoms with Crippen LogP contribution in [0.1, 0.15) is 5.56 Å². The third-order valence-electron chi connectivity index (χ3n) is 2.54. The van der Waals surface area contributed by atoms with E-state index in [0.717, 1.165) is 11.1 Å². The Hall–Kier alpha value is -2.43. The number of methoxy groups -OCH3 is 1. The number of hydrogen-bond donors (Lipinski definition) is 1. The molecule has 0 unspecified atom stereocenters. The van der Waals surface area contributed by atoms with E-state index in [9.17, 15) is 4.79 Å². The van der Waals surface area contributed by atoms with Gasteiger partial charge in [-0.1, -0.05) is 6.07 Å². The lowest BCUT2D eigenvalue weighted by atomic mass is 10.0. The Labute approximate surface area is 104 Å². The Morgan fingerprint density at radius 3 is 2.78 bits per heavy atom. The van der Waals surface area contributed by atoms with Crippen molar-refractivity contribution in [3.63, 3.8) is 0 Å². The van der Waals surface area contributed by atoms with Crippen LogP contribution in [-0.2, 0) is 11.2 Å². The summed E-state index contributed by atoms with van der Waals surface area (Å²) in [6.07, 6.45) is 6.35. The highest BCUT2D eigenvalue weighted by atomic mass is 16.5. The molecule has 0 radical (unpaired) electrons. The van der Waals surface area contributed by atoms with Crippen molar-refractivity contribution in [2.24, 2.45) is 0 Å². The fourth-order valence-corrected chi connectivity index (χ4v) is 1.75. The van der Waals surface area contributed by atoms with Crippen LogP contribution in [-0.4, -0.2) is 28.2 Å². The lowest BCUT2D eigenvalue weighted by Gasteiger charge is -2.11. The molecule has 0 aliphatic heterocycles. The van der Waals surface area contributed by atoms with E-state index < -0.39 is 5.97 Å². The number of carboxylic acid groups (broad SMARTS) is 1. The van der Waals surface area contributed by atoms with Crippen LogP contribution in [0.3, 0.4) is 0 Å². The number of ether oxygens (including phenoxy) is 1. The van der Waals surface area contributed by atoms with Crippen LogP contribution in [0, 0.1) is 0 Å². The van der Waals surface area contributed by atoms with Gasteiger partial charge in [-0.05, 0) is 6.07 Å². The molecule has 18 heavy (non-hydrogen) atoms. The van der Waals surface area contributed by atoms with E-state index in [2.05, 4.69) is 9.97 Å². The van der Waals surface area contributed by atoms with Gasteiger partial charge in [-0.15, -0.1) is 0 Å². The fourth-order valence-electron chi connectivity index (χ4n) is 1.75. The molecule has 0 aliphatic carbocycles. The fraction of sp³-hybridized carbons (Fsp3) is 0.154. The average molecular weight is 244 g/mol. The molecule has 2 heterocycles. The van der Waals surface area contributed by atoms with Crippen molar-refractivity contribution in [3.05, 3.63) is 42.5 Å². The van der Waals surface area contributed by atoms with Crippen molar-refractivity contribution in [2.75, 3.05) is 7.11 Å². The number of nitrogens with zero attached hydrogens (tertiary/aromatic N) is 2. The average Bonchev–Trinajstić information content (AvgIpc) is 2.39. The predicted molar refractivity (Wildman–Crippen MR) is 65.4 cm³/mol. The maximum absolute atomic E-state index is 10.9. The molecule has 0 bridgehead atoms. The Balaban J connectivity index is 2.56. The van der Waals surface area contributed by atoms with Crippen LogP contribution in [0.5, 0.6) is 5.75 Å². The minimum atomic E-state index is -0.912. The van der Waals surface area contributed by atoms with Crippen molar-refractivity contribution in [1.82, 2.24) is 9.97 Å². The predicted octanol–water partition coefficient (Wildman–Crippen LogP) is 1.78. The summed E-state index contributed by atoms with van der Waals surface area (Å²) in [7, 11) is 1.50. The molecule has 92 valence electrons. The molecule has 0 fully saturated rings. The van der Waals surface area contributed by atoms with Crippen molar-refractivity contribution in [1.29, 1.82) is 0 Å². The summed E-state index contributed by atoms with van der Waals surface area (Å²) >= 11 is 0.